The molecule has 2 amide bonds. The van der Waals surface area contributed by atoms with E-state index in [-0.39, 0.29) is 48.6 Å². The molecule has 1 aromatic carbocycles. The number of carbonyl (C=O) groups excluding carboxylic acids is 2. The van der Waals surface area contributed by atoms with E-state index >= 15 is 0 Å². The van der Waals surface area contributed by atoms with E-state index in [4.69, 9.17) is 5.26 Å². The SMILES string of the molecule is CS(=O)(=O)C1(CN2CCN3C(=CC=C(C(=O)NCc4ccc(C#N)cc4F)C3O)C2=O)CC1. The number of nitrogens with one attached hydrogen (secondary N) is 1. The van der Waals surface area contributed by atoms with Crippen LogP contribution >= 0.6 is 0 Å². The summed E-state index contributed by atoms with van der Waals surface area (Å²) in [4.78, 5) is 28.4. The molecule has 174 valence electrons. The number of amides is 2. The lowest BCUT2D eigenvalue weighted by atomic mass is 10.0. The highest BCUT2D eigenvalue weighted by Gasteiger charge is 2.54. The zero-order chi connectivity index (χ0) is 24.0. The molecule has 1 atom stereocenters. The van der Waals surface area contributed by atoms with Crippen LogP contribution in [-0.2, 0) is 26.0 Å². The fourth-order valence-electron chi connectivity index (χ4n) is 4.09. The van der Waals surface area contributed by atoms with Gasteiger partial charge in [-0.1, -0.05) is 6.07 Å². The Labute approximate surface area is 190 Å². The standard InChI is InChI=1S/C22H23FN4O5S/c1-33(31,32)22(6-7-22)13-26-8-9-27-18(21(26)30)5-4-16(20(27)29)19(28)25-12-15-3-2-14(11-24)10-17(15)23/h2-5,10,20,29H,6-9,12-13H2,1H3,(H,25,28). The Bertz CT molecular complexity index is 1230. The lowest BCUT2D eigenvalue weighted by molar-refractivity contribution is -0.135. The van der Waals surface area contributed by atoms with Crippen molar-refractivity contribution in [3.8, 4) is 6.07 Å². The highest BCUT2D eigenvalue weighted by atomic mass is 32.2. The average Bonchev–Trinajstić information content (AvgIpc) is 3.56. The predicted octanol–water partition coefficient (Wildman–Crippen LogP) is 0.177. The normalized spacial score (nSPS) is 21.5. The van der Waals surface area contributed by atoms with E-state index in [0.29, 0.717) is 12.8 Å². The van der Waals surface area contributed by atoms with Gasteiger partial charge in [0.1, 0.15) is 11.5 Å². The van der Waals surface area contributed by atoms with Gasteiger partial charge in [0.2, 0.25) is 0 Å². The van der Waals surface area contributed by atoms with Crippen LogP contribution in [0.1, 0.15) is 24.0 Å². The first-order chi connectivity index (χ1) is 15.6. The third-order valence-corrected chi connectivity index (χ3v) is 8.49. The van der Waals surface area contributed by atoms with Gasteiger partial charge in [-0.25, -0.2) is 12.8 Å². The number of halogens is 1. The van der Waals surface area contributed by atoms with E-state index in [1.54, 1.807) is 0 Å². The fourth-order valence-corrected chi connectivity index (χ4v) is 5.33. The van der Waals surface area contributed by atoms with Crippen molar-refractivity contribution in [3.63, 3.8) is 0 Å². The molecule has 4 rings (SSSR count). The molecule has 11 heteroatoms. The zero-order valence-electron chi connectivity index (χ0n) is 17.9. The molecule has 2 fully saturated rings. The minimum Gasteiger partial charge on any atom is -0.369 e. The number of nitrogens with zero attached hydrogens (tertiary/aromatic N) is 3. The number of sulfone groups is 1. The van der Waals surface area contributed by atoms with Crippen LogP contribution in [0.3, 0.4) is 0 Å². The van der Waals surface area contributed by atoms with Gasteiger partial charge < -0.3 is 20.2 Å². The van der Waals surface area contributed by atoms with Gasteiger partial charge in [0.05, 0.1) is 22.0 Å². The molecule has 1 aromatic rings. The summed E-state index contributed by atoms with van der Waals surface area (Å²) < 4.78 is 37.3. The maximum atomic E-state index is 14.0. The zero-order valence-corrected chi connectivity index (χ0v) is 18.7. The summed E-state index contributed by atoms with van der Waals surface area (Å²) in [5, 5.41) is 22.1. The Hall–Kier alpha value is -3.23. The first kappa shape index (κ1) is 22.9. The van der Waals surface area contributed by atoms with Crippen molar-refractivity contribution in [1.29, 1.82) is 5.26 Å². The molecule has 0 aromatic heterocycles. The van der Waals surface area contributed by atoms with Crippen molar-refractivity contribution in [2.24, 2.45) is 0 Å². The van der Waals surface area contributed by atoms with E-state index < -0.39 is 38.4 Å². The molecular formula is C22H23FN4O5S. The summed E-state index contributed by atoms with van der Waals surface area (Å²) in [6.07, 6.45) is 3.62. The van der Waals surface area contributed by atoms with Gasteiger partial charge in [-0.15, -0.1) is 0 Å². The molecule has 1 saturated heterocycles. The summed E-state index contributed by atoms with van der Waals surface area (Å²) in [6.45, 7) is 0.416. The van der Waals surface area contributed by atoms with Gasteiger partial charge in [-0.05, 0) is 37.1 Å². The molecule has 2 aliphatic heterocycles. The molecule has 1 unspecified atom stereocenters. The Kier molecular flexibility index (Phi) is 5.76. The quantitative estimate of drug-likeness (QED) is 0.601. The van der Waals surface area contributed by atoms with Gasteiger partial charge in [0.25, 0.3) is 11.8 Å². The number of benzene rings is 1. The second-order valence-corrected chi connectivity index (χ2v) is 10.9. The van der Waals surface area contributed by atoms with Crippen LogP contribution in [-0.4, -0.2) is 72.0 Å². The summed E-state index contributed by atoms with van der Waals surface area (Å²) >= 11 is 0. The maximum Gasteiger partial charge on any atom is 0.270 e. The van der Waals surface area contributed by atoms with E-state index in [1.165, 1.54) is 40.3 Å². The number of piperazine rings is 1. The molecule has 1 saturated carbocycles. The van der Waals surface area contributed by atoms with Gasteiger partial charge in [0, 0.05) is 38.0 Å². The molecule has 0 spiro atoms. The molecule has 0 bridgehead atoms. The second kappa shape index (κ2) is 8.28. The van der Waals surface area contributed by atoms with Crippen molar-refractivity contribution in [3.05, 3.63) is 58.6 Å². The van der Waals surface area contributed by atoms with E-state index in [2.05, 4.69) is 5.32 Å². The lowest BCUT2D eigenvalue weighted by Crippen LogP contribution is -2.56. The van der Waals surface area contributed by atoms with Crippen LogP contribution in [0.5, 0.6) is 0 Å². The molecule has 0 radical (unpaired) electrons. The minimum absolute atomic E-state index is 0.00357. The number of hydrogen-bond donors (Lipinski definition) is 2. The number of fused-ring (bicyclic) bond motifs is 1. The van der Waals surface area contributed by atoms with E-state index in [0.717, 1.165) is 6.07 Å². The van der Waals surface area contributed by atoms with Crippen LogP contribution in [0.25, 0.3) is 0 Å². The topological polar surface area (TPSA) is 131 Å². The van der Waals surface area contributed by atoms with E-state index in [9.17, 15) is 27.5 Å². The van der Waals surface area contributed by atoms with Crippen LogP contribution < -0.4 is 5.32 Å². The number of aliphatic hydroxyl groups excluding tert-OH is 1. The maximum absolute atomic E-state index is 14.0. The smallest absolute Gasteiger partial charge is 0.270 e. The predicted molar refractivity (Wildman–Crippen MR) is 115 cm³/mol. The molecule has 33 heavy (non-hydrogen) atoms. The average molecular weight is 475 g/mol. The fraction of sp³-hybridized carbons (Fsp3) is 0.409. The third-order valence-electron chi connectivity index (χ3n) is 6.38. The molecule has 1 aliphatic carbocycles. The number of nitriles is 1. The van der Waals surface area contributed by atoms with Crippen molar-refractivity contribution in [2.45, 2.75) is 30.4 Å². The highest BCUT2D eigenvalue weighted by molar-refractivity contribution is 7.92. The van der Waals surface area contributed by atoms with Crippen molar-refractivity contribution in [2.75, 3.05) is 25.9 Å². The highest BCUT2D eigenvalue weighted by Crippen LogP contribution is 2.44. The van der Waals surface area contributed by atoms with Crippen LogP contribution in [0, 0.1) is 17.1 Å². The van der Waals surface area contributed by atoms with Crippen LogP contribution in [0.4, 0.5) is 4.39 Å². The lowest BCUT2D eigenvalue weighted by Gasteiger charge is -2.42. The molecular weight excluding hydrogens is 451 g/mol. The summed E-state index contributed by atoms with van der Waals surface area (Å²) in [7, 11) is -3.29. The molecule has 3 aliphatic rings. The number of rotatable bonds is 6. The summed E-state index contributed by atoms with van der Waals surface area (Å²) in [5.74, 6) is -1.64. The first-order valence-corrected chi connectivity index (χ1v) is 12.3. The van der Waals surface area contributed by atoms with Gasteiger partial charge in [-0.3, -0.25) is 9.59 Å². The second-order valence-electron chi connectivity index (χ2n) is 8.52. The number of aliphatic hydroxyl groups is 1. The van der Waals surface area contributed by atoms with Crippen molar-refractivity contribution in [1.82, 2.24) is 15.1 Å². The number of carbonyl (C=O) groups is 2. The number of allylic oxidation sites excluding steroid dienone is 2. The van der Waals surface area contributed by atoms with Gasteiger partial charge in [-0.2, -0.15) is 5.26 Å². The van der Waals surface area contributed by atoms with Gasteiger partial charge >= 0.3 is 0 Å². The first-order valence-electron chi connectivity index (χ1n) is 10.4. The summed E-state index contributed by atoms with van der Waals surface area (Å²) in [6, 6.07) is 5.75. The Morgan fingerprint density at radius 1 is 1.33 bits per heavy atom. The molecule has 2 heterocycles. The molecule has 2 N–H and O–H groups in total. The van der Waals surface area contributed by atoms with Gasteiger partial charge in [0.15, 0.2) is 16.1 Å². The van der Waals surface area contributed by atoms with E-state index in [1.807, 2.05) is 6.07 Å². The van der Waals surface area contributed by atoms with Crippen LogP contribution in [0.2, 0.25) is 0 Å². The minimum atomic E-state index is -3.29. The monoisotopic (exact) mass is 474 g/mol. The number of hydrogen-bond acceptors (Lipinski definition) is 7. The van der Waals surface area contributed by atoms with Crippen molar-refractivity contribution >= 4 is 21.7 Å². The van der Waals surface area contributed by atoms with Crippen molar-refractivity contribution < 1.29 is 27.5 Å². The Balaban J connectivity index is 1.45. The Morgan fingerprint density at radius 2 is 2.06 bits per heavy atom. The third kappa shape index (κ3) is 4.24. The molecule has 9 nitrogen and oxygen atoms in total. The Morgan fingerprint density at radius 3 is 2.67 bits per heavy atom. The largest absolute Gasteiger partial charge is 0.369 e. The van der Waals surface area contributed by atoms with Crippen LogP contribution in [0.15, 0.2) is 41.6 Å². The summed E-state index contributed by atoms with van der Waals surface area (Å²) in [5.41, 5.74) is 0.545.